The fourth-order valence-electron chi connectivity index (χ4n) is 1.36. The maximum atomic E-state index is 11.0. The van der Waals surface area contributed by atoms with Crippen molar-refractivity contribution < 1.29 is 19.7 Å². The van der Waals surface area contributed by atoms with E-state index in [1.165, 1.54) is 0 Å². The quantitative estimate of drug-likeness (QED) is 0.617. The zero-order valence-corrected chi connectivity index (χ0v) is 11.3. The van der Waals surface area contributed by atoms with Gasteiger partial charge < -0.3 is 15.2 Å². The Morgan fingerprint density at radius 3 is 2.48 bits per heavy atom. The molecule has 12 nitrogen and oxygen atoms in total. The van der Waals surface area contributed by atoms with E-state index in [0.717, 1.165) is 16.9 Å². The lowest BCUT2D eigenvalue weighted by molar-refractivity contribution is -0.394. The minimum Gasteiger partial charge on any atom is -0.478 e. The fraction of sp³-hybridized carbons (Fsp3) is 0. The highest BCUT2D eigenvalue weighted by Gasteiger charge is 2.28. The van der Waals surface area contributed by atoms with E-state index in [0.29, 0.717) is 0 Å². The van der Waals surface area contributed by atoms with Gasteiger partial charge in [0.05, 0.1) is 10.5 Å². The van der Waals surface area contributed by atoms with Crippen molar-refractivity contribution in [3.8, 4) is 5.82 Å². The summed E-state index contributed by atoms with van der Waals surface area (Å²) in [7, 11) is 0. The van der Waals surface area contributed by atoms with Crippen molar-refractivity contribution in [1.82, 2.24) is 19.7 Å². The molecule has 2 aromatic rings. The first-order valence-electron chi connectivity index (χ1n) is 4.96. The van der Waals surface area contributed by atoms with Crippen LogP contribution in [0.25, 0.3) is 5.82 Å². The average Bonchev–Trinajstić information content (AvgIpc) is 2.80. The SMILES string of the molecule is O=C(O)c1cnc(-n2nc([N+](=O)[O-])nc2Br)c([N+](=O)[O-])c1. The predicted octanol–water partition coefficient (Wildman–Crippen LogP) is 0.939. The molecule has 0 atom stereocenters. The third-order valence-corrected chi connectivity index (χ3v) is 2.72. The number of halogens is 1. The molecule has 1 N–H and O–H groups in total. The summed E-state index contributed by atoms with van der Waals surface area (Å²) in [5.74, 6) is -2.60. The summed E-state index contributed by atoms with van der Waals surface area (Å²) >= 11 is 2.86. The van der Waals surface area contributed by atoms with Gasteiger partial charge in [-0.2, -0.15) is 0 Å². The van der Waals surface area contributed by atoms with Crippen LogP contribution in [0.3, 0.4) is 0 Å². The van der Waals surface area contributed by atoms with Crippen LogP contribution in [0.15, 0.2) is 17.0 Å². The van der Waals surface area contributed by atoms with E-state index in [4.69, 9.17) is 5.11 Å². The van der Waals surface area contributed by atoms with Crippen LogP contribution in [-0.2, 0) is 0 Å². The molecule has 0 aliphatic carbocycles. The molecule has 0 unspecified atom stereocenters. The molecule has 2 aromatic heterocycles. The zero-order chi connectivity index (χ0) is 15.7. The first-order chi connectivity index (χ1) is 9.81. The number of nitro groups is 2. The third kappa shape index (κ3) is 2.66. The van der Waals surface area contributed by atoms with Gasteiger partial charge in [0.2, 0.25) is 0 Å². The minimum absolute atomic E-state index is 0.187. The Morgan fingerprint density at radius 2 is 2.00 bits per heavy atom. The van der Waals surface area contributed by atoms with Crippen molar-refractivity contribution >= 4 is 33.5 Å². The lowest BCUT2D eigenvalue weighted by Gasteiger charge is -2.00. The minimum atomic E-state index is -1.40. The molecule has 0 fully saturated rings. The van der Waals surface area contributed by atoms with Crippen LogP contribution >= 0.6 is 15.9 Å². The van der Waals surface area contributed by atoms with E-state index in [1.807, 2.05) is 0 Å². The van der Waals surface area contributed by atoms with E-state index >= 15 is 0 Å². The molecule has 0 saturated heterocycles. The second kappa shape index (κ2) is 5.20. The normalized spacial score (nSPS) is 10.3. The van der Waals surface area contributed by atoms with Gasteiger partial charge in [0.25, 0.3) is 10.6 Å². The van der Waals surface area contributed by atoms with Gasteiger partial charge >= 0.3 is 17.6 Å². The zero-order valence-electron chi connectivity index (χ0n) is 9.70. The van der Waals surface area contributed by atoms with Gasteiger partial charge in [-0.1, -0.05) is 0 Å². The highest BCUT2D eigenvalue weighted by atomic mass is 79.9. The largest absolute Gasteiger partial charge is 0.492 e. The van der Waals surface area contributed by atoms with E-state index in [2.05, 4.69) is 31.0 Å². The Bertz CT molecular complexity index is 773. The molecule has 0 aliphatic heterocycles. The van der Waals surface area contributed by atoms with E-state index in [-0.39, 0.29) is 4.73 Å². The number of nitrogens with zero attached hydrogens (tertiary/aromatic N) is 6. The summed E-state index contributed by atoms with van der Waals surface area (Å²) in [6.45, 7) is 0. The van der Waals surface area contributed by atoms with Crippen molar-refractivity contribution in [1.29, 1.82) is 0 Å². The van der Waals surface area contributed by atoms with Crippen molar-refractivity contribution in [3.63, 3.8) is 0 Å². The number of aromatic nitrogens is 4. The van der Waals surface area contributed by atoms with Crippen LogP contribution in [0.4, 0.5) is 11.6 Å². The molecule has 21 heavy (non-hydrogen) atoms. The maximum Gasteiger partial charge on any atom is 0.492 e. The van der Waals surface area contributed by atoms with Crippen LogP contribution in [0.1, 0.15) is 10.4 Å². The molecule has 0 saturated carbocycles. The van der Waals surface area contributed by atoms with Crippen molar-refractivity contribution in [2.75, 3.05) is 0 Å². The first-order valence-corrected chi connectivity index (χ1v) is 5.75. The number of pyridine rings is 1. The maximum absolute atomic E-state index is 11.0. The van der Waals surface area contributed by atoms with Gasteiger partial charge in [-0.3, -0.25) is 10.1 Å². The molecule has 108 valence electrons. The Morgan fingerprint density at radius 1 is 1.33 bits per heavy atom. The molecule has 13 heteroatoms. The summed E-state index contributed by atoms with van der Waals surface area (Å²) in [4.78, 5) is 37.6. The van der Waals surface area contributed by atoms with E-state index in [1.54, 1.807) is 0 Å². The highest BCUT2D eigenvalue weighted by molar-refractivity contribution is 9.10. The number of carboxylic acid groups (broad SMARTS) is 1. The molecule has 0 aromatic carbocycles. The monoisotopic (exact) mass is 358 g/mol. The second-order valence-electron chi connectivity index (χ2n) is 3.48. The molecule has 0 bridgehead atoms. The molecular formula is C8H3BrN6O6. The standard InChI is InChI=1S/C8H3BrN6O6/c9-7-11-8(15(20)21)12-13(7)5-4(14(18)19)1-3(2-10-5)6(16)17/h1-2H,(H,16,17). The average molecular weight is 359 g/mol. The number of hydrogen-bond donors (Lipinski definition) is 1. The molecule has 0 radical (unpaired) electrons. The lowest BCUT2D eigenvalue weighted by atomic mass is 10.2. The van der Waals surface area contributed by atoms with Crippen molar-refractivity contribution in [3.05, 3.63) is 42.8 Å². The third-order valence-electron chi connectivity index (χ3n) is 2.21. The molecule has 0 amide bonds. The van der Waals surface area contributed by atoms with E-state index < -0.39 is 38.8 Å². The lowest BCUT2D eigenvalue weighted by Crippen LogP contribution is -2.08. The van der Waals surface area contributed by atoms with E-state index in [9.17, 15) is 25.0 Å². The number of carbonyl (C=O) groups is 1. The van der Waals surface area contributed by atoms with Crippen LogP contribution < -0.4 is 0 Å². The van der Waals surface area contributed by atoms with Gasteiger partial charge in [0.1, 0.15) is 0 Å². The fourth-order valence-corrected chi connectivity index (χ4v) is 1.76. The summed E-state index contributed by atoms with van der Waals surface area (Å²) in [6, 6.07) is 0.768. The molecule has 0 spiro atoms. The predicted molar refractivity (Wildman–Crippen MR) is 67.1 cm³/mol. The number of rotatable bonds is 4. The van der Waals surface area contributed by atoms with Gasteiger partial charge in [-0.25, -0.2) is 9.78 Å². The topological polar surface area (TPSA) is 167 Å². The summed E-state index contributed by atoms with van der Waals surface area (Å²) in [6.07, 6.45) is 0.866. The van der Waals surface area contributed by atoms with Crippen LogP contribution in [0.5, 0.6) is 0 Å². The molecule has 2 heterocycles. The summed E-state index contributed by atoms with van der Waals surface area (Å²) < 4.78 is 0.537. The smallest absolute Gasteiger partial charge is 0.478 e. The van der Waals surface area contributed by atoms with Crippen LogP contribution in [0.2, 0.25) is 0 Å². The van der Waals surface area contributed by atoms with Crippen molar-refractivity contribution in [2.45, 2.75) is 0 Å². The number of carboxylic acids is 1. The Balaban J connectivity index is 2.66. The summed E-state index contributed by atoms with van der Waals surface area (Å²) in [5, 5.41) is 33.8. The Kier molecular flexibility index (Phi) is 3.58. The van der Waals surface area contributed by atoms with Crippen LogP contribution in [0, 0.1) is 20.2 Å². The van der Waals surface area contributed by atoms with Gasteiger partial charge in [0.15, 0.2) is 0 Å². The van der Waals surface area contributed by atoms with Gasteiger partial charge in [0, 0.05) is 33.3 Å². The number of hydrogen-bond acceptors (Lipinski definition) is 8. The molecule has 2 rings (SSSR count). The summed E-state index contributed by atoms with van der Waals surface area (Å²) in [5.41, 5.74) is -1.09. The second-order valence-corrected chi connectivity index (χ2v) is 4.19. The first kappa shape index (κ1) is 14.4. The Hall–Kier alpha value is -2.96. The molecular weight excluding hydrogens is 356 g/mol. The Labute approximate surface area is 122 Å². The van der Waals surface area contributed by atoms with Crippen molar-refractivity contribution in [2.24, 2.45) is 0 Å². The number of aromatic carboxylic acids is 1. The molecule has 0 aliphatic rings. The van der Waals surface area contributed by atoms with Gasteiger partial charge in [-0.05, 0) is 9.91 Å². The van der Waals surface area contributed by atoms with Crippen LogP contribution in [-0.4, -0.2) is 40.7 Å². The van der Waals surface area contributed by atoms with Gasteiger partial charge in [-0.15, -0.1) is 4.68 Å². The highest BCUT2D eigenvalue weighted by Crippen LogP contribution is 2.25.